The average molecular weight is 138 g/mol. The first kappa shape index (κ1) is 7.45. The van der Waals surface area contributed by atoms with E-state index in [2.05, 4.69) is 16.9 Å². The van der Waals surface area contributed by atoms with Crippen molar-refractivity contribution in [3.63, 3.8) is 0 Å². The SMILES string of the molecule is CCCN=C1CC=NCC1. The van der Waals surface area contributed by atoms with Gasteiger partial charge in [-0.2, -0.15) is 0 Å². The van der Waals surface area contributed by atoms with E-state index in [1.807, 2.05) is 6.21 Å². The van der Waals surface area contributed by atoms with Gasteiger partial charge < -0.3 is 0 Å². The van der Waals surface area contributed by atoms with Crippen LogP contribution in [-0.2, 0) is 0 Å². The van der Waals surface area contributed by atoms with Crippen molar-refractivity contribution in [2.45, 2.75) is 26.2 Å². The molecule has 2 nitrogen and oxygen atoms in total. The molecule has 0 aromatic carbocycles. The fraction of sp³-hybridized carbons (Fsp3) is 0.750. The van der Waals surface area contributed by atoms with Crippen molar-refractivity contribution >= 4 is 11.9 Å². The number of hydrogen-bond acceptors (Lipinski definition) is 2. The Morgan fingerprint density at radius 3 is 3.20 bits per heavy atom. The van der Waals surface area contributed by atoms with E-state index in [0.717, 1.165) is 32.4 Å². The maximum atomic E-state index is 4.43. The van der Waals surface area contributed by atoms with Crippen LogP contribution in [0.15, 0.2) is 9.98 Å². The molecule has 0 atom stereocenters. The summed E-state index contributed by atoms with van der Waals surface area (Å²) < 4.78 is 0. The van der Waals surface area contributed by atoms with E-state index in [4.69, 9.17) is 0 Å². The summed E-state index contributed by atoms with van der Waals surface area (Å²) in [6.45, 7) is 4.09. The van der Waals surface area contributed by atoms with Gasteiger partial charge in [-0.1, -0.05) is 6.92 Å². The molecule has 0 amide bonds. The Bertz CT molecular complexity index is 147. The number of hydrogen-bond donors (Lipinski definition) is 0. The van der Waals surface area contributed by atoms with Crippen LogP contribution >= 0.6 is 0 Å². The Hall–Kier alpha value is -0.660. The fourth-order valence-electron chi connectivity index (χ4n) is 0.970. The molecule has 0 fully saturated rings. The third-order valence-electron chi connectivity index (χ3n) is 1.54. The Morgan fingerprint density at radius 1 is 1.70 bits per heavy atom. The Labute approximate surface area is 62.1 Å². The molecule has 56 valence electrons. The summed E-state index contributed by atoms with van der Waals surface area (Å²) in [5, 5.41) is 0. The van der Waals surface area contributed by atoms with Crippen molar-refractivity contribution < 1.29 is 0 Å². The third-order valence-corrected chi connectivity index (χ3v) is 1.54. The first-order chi connectivity index (χ1) is 4.93. The number of rotatable bonds is 2. The topological polar surface area (TPSA) is 24.7 Å². The van der Waals surface area contributed by atoms with Crippen molar-refractivity contribution in [2.75, 3.05) is 13.1 Å². The molecule has 1 aliphatic heterocycles. The lowest BCUT2D eigenvalue weighted by Gasteiger charge is -2.05. The summed E-state index contributed by atoms with van der Waals surface area (Å²) in [6, 6.07) is 0. The lowest BCUT2D eigenvalue weighted by atomic mass is 10.2. The van der Waals surface area contributed by atoms with Crippen molar-refractivity contribution in [2.24, 2.45) is 9.98 Å². The van der Waals surface area contributed by atoms with E-state index in [9.17, 15) is 0 Å². The molecule has 0 saturated heterocycles. The van der Waals surface area contributed by atoms with Crippen LogP contribution in [0.3, 0.4) is 0 Å². The van der Waals surface area contributed by atoms with E-state index in [1.54, 1.807) is 0 Å². The molecule has 0 bridgehead atoms. The van der Waals surface area contributed by atoms with Gasteiger partial charge >= 0.3 is 0 Å². The molecular formula is C8H14N2. The number of aliphatic imine (C=N–C) groups is 2. The predicted molar refractivity (Wildman–Crippen MR) is 45.2 cm³/mol. The van der Waals surface area contributed by atoms with Crippen molar-refractivity contribution in [1.29, 1.82) is 0 Å². The maximum absolute atomic E-state index is 4.43. The first-order valence-electron chi connectivity index (χ1n) is 3.94. The summed E-state index contributed by atoms with van der Waals surface area (Å²) in [5.41, 5.74) is 1.33. The molecule has 10 heavy (non-hydrogen) atoms. The van der Waals surface area contributed by atoms with E-state index in [0.29, 0.717) is 0 Å². The lowest BCUT2D eigenvalue weighted by Crippen LogP contribution is -2.07. The highest BCUT2D eigenvalue weighted by Gasteiger charge is 2.00. The summed E-state index contributed by atoms with van der Waals surface area (Å²) >= 11 is 0. The van der Waals surface area contributed by atoms with Crippen LogP contribution in [0.4, 0.5) is 0 Å². The van der Waals surface area contributed by atoms with Crippen LogP contribution in [0.2, 0.25) is 0 Å². The van der Waals surface area contributed by atoms with E-state index in [-0.39, 0.29) is 0 Å². The quantitative estimate of drug-likeness (QED) is 0.555. The van der Waals surface area contributed by atoms with Gasteiger partial charge in [0.15, 0.2) is 0 Å². The normalized spacial score (nSPS) is 21.9. The minimum atomic E-state index is 0.947. The van der Waals surface area contributed by atoms with Crippen molar-refractivity contribution in [3.8, 4) is 0 Å². The highest BCUT2D eigenvalue weighted by Crippen LogP contribution is 1.98. The molecule has 0 spiro atoms. The zero-order chi connectivity index (χ0) is 7.23. The van der Waals surface area contributed by atoms with Gasteiger partial charge in [-0.25, -0.2) is 0 Å². The number of nitrogens with zero attached hydrogens (tertiary/aromatic N) is 2. The Morgan fingerprint density at radius 2 is 2.60 bits per heavy atom. The smallest absolute Gasteiger partial charge is 0.0437 e. The zero-order valence-corrected chi connectivity index (χ0v) is 6.51. The minimum Gasteiger partial charge on any atom is -0.297 e. The Kier molecular flexibility index (Phi) is 3.13. The zero-order valence-electron chi connectivity index (χ0n) is 6.51. The van der Waals surface area contributed by atoms with Crippen LogP contribution in [0, 0.1) is 0 Å². The van der Waals surface area contributed by atoms with Gasteiger partial charge in [-0.05, 0) is 6.42 Å². The van der Waals surface area contributed by atoms with Gasteiger partial charge in [0.2, 0.25) is 0 Å². The molecule has 1 rings (SSSR count). The van der Waals surface area contributed by atoms with Gasteiger partial charge in [-0.15, -0.1) is 0 Å². The summed E-state index contributed by atoms with van der Waals surface area (Å²) in [5.74, 6) is 0. The van der Waals surface area contributed by atoms with E-state index in [1.165, 1.54) is 5.71 Å². The summed E-state index contributed by atoms with van der Waals surface area (Å²) in [7, 11) is 0. The van der Waals surface area contributed by atoms with Gasteiger partial charge in [0, 0.05) is 37.9 Å². The van der Waals surface area contributed by atoms with Crippen LogP contribution in [-0.4, -0.2) is 25.0 Å². The lowest BCUT2D eigenvalue weighted by molar-refractivity contribution is 0.907. The van der Waals surface area contributed by atoms with Gasteiger partial charge in [-0.3, -0.25) is 9.98 Å². The molecule has 0 N–H and O–H groups in total. The average Bonchev–Trinajstić information content (AvgIpc) is 2.03. The molecule has 0 aromatic rings. The van der Waals surface area contributed by atoms with Gasteiger partial charge in [0.1, 0.15) is 0 Å². The van der Waals surface area contributed by atoms with Crippen LogP contribution < -0.4 is 0 Å². The largest absolute Gasteiger partial charge is 0.297 e. The monoisotopic (exact) mass is 138 g/mol. The van der Waals surface area contributed by atoms with E-state index < -0.39 is 0 Å². The molecule has 0 radical (unpaired) electrons. The first-order valence-corrected chi connectivity index (χ1v) is 3.94. The van der Waals surface area contributed by atoms with Gasteiger partial charge in [0.25, 0.3) is 0 Å². The highest BCUT2D eigenvalue weighted by atomic mass is 14.8. The minimum absolute atomic E-state index is 0.947. The molecule has 0 aliphatic carbocycles. The van der Waals surface area contributed by atoms with Gasteiger partial charge in [0.05, 0.1) is 0 Å². The van der Waals surface area contributed by atoms with Crippen LogP contribution in [0.25, 0.3) is 0 Å². The summed E-state index contributed by atoms with van der Waals surface area (Å²) in [4.78, 5) is 8.56. The predicted octanol–water partition coefficient (Wildman–Crippen LogP) is 1.70. The second-order valence-corrected chi connectivity index (χ2v) is 2.49. The molecule has 0 aromatic heterocycles. The van der Waals surface area contributed by atoms with Crippen molar-refractivity contribution in [1.82, 2.24) is 0 Å². The standard InChI is InChI=1S/C8H14N2/c1-2-5-10-8-3-6-9-7-4-8/h6H,2-5,7H2,1H3. The fourth-order valence-corrected chi connectivity index (χ4v) is 0.970. The third kappa shape index (κ3) is 2.29. The molecular weight excluding hydrogens is 124 g/mol. The second kappa shape index (κ2) is 4.20. The highest BCUT2D eigenvalue weighted by molar-refractivity contribution is 5.97. The molecule has 1 aliphatic rings. The maximum Gasteiger partial charge on any atom is 0.0437 e. The van der Waals surface area contributed by atoms with Crippen molar-refractivity contribution in [3.05, 3.63) is 0 Å². The van der Waals surface area contributed by atoms with E-state index >= 15 is 0 Å². The molecule has 2 heteroatoms. The molecule has 1 heterocycles. The molecule has 0 saturated carbocycles. The molecule has 0 unspecified atom stereocenters. The summed E-state index contributed by atoms with van der Waals surface area (Å²) in [6.07, 6.45) is 5.19. The Balaban J connectivity index is 2.33. The second-order valence-electron chi connectivity index (χ2n) is 2.49. The van der Waals surface area contributed by atoms with Crippen LogP contribution in [0.5, 0.6) is 0 Å². The van der Waals surface area contributed by atoms with Crippen LogP contribution in [0.1, 0.15) is 26.2 Å².